The van der Waals surface area contributed by atoms with Crippen molar-refractivity contribution in [2.24, 2.45) is 0 Å². The lowest BCUT2D eigenvalue weighted by Gasteiger charge is -2.12. The number of hydrogen-bond acceptors (Lipinski definition) is 2. The average molecular weight is 222 g/mol. The normalized spacial score (nSPS) is 19.8. The van der Waals surface area contributed by atoms with Crippen molar-refractivity contribution in [3.8, 4) is 0 Å². The van der Waals surface area contributed by atoms with Gasteiger partial charge in [0.25, 0.3) is 5.91 Å². The molecule has 1 amide bonds. The number of amides is 1. The third-order valence-corrected chi connectivity index (χ3v) is 2.84. The number of hydrogen-bond donors (Lipinski definition) is 2. The highest BCUT2D eigenvalue weighted by Gasteiger charge is 2.18. The smallest absolute Gasteiger partial charge is 0.251 e. The van der Waals surface area contributed by atoms with Crippen molar-refractivity contribution >= 4 is 5.91 Å². The first-order valence-electron chi connectivity index (χ1n) is 5.44. The number of carbonyl (C=O) groups is 1. The van der Waals surface area contributed by atoms with Gasteiger partial charge in [0.1, 0.15) is 5.82 Å². The summed E-state index contributed by atoms with van der Waals surface area (Å²) in [5.74, 6) is -0.564. The fraction of sp³-hybridized carbons (Fsp3) is 0.417. The van der Waals surface area contributed by atoms with Gasteiger partial charge in [-0.2, -0.15) is 0 Å². The summed E-state index contributed by atoms with van der Waals surface area (Å²) in [5, 5.41) is 6.06. The number of benzene rings is 1. The Morgan fingerprint density at radius 3 is 3.06 bits per heavy atom. The number of rotatable bonds is 2. The van der Waals surface area contributed by atoms with Gasteiger partial charge in [0.15, 0.2) is 0 Å². The van der Waals surface area contributed by atoms with E-state index < -0.39 is 0 Å². The molecule has 1 aromatic carbocycles. The Labute approximate surface area is 94.0 Å². The summed E-state index contributed by atoms with van der Waals surface area (Å²) in [5.41, 5.74) is 1.22. The molecule has 1 atom stereocenters. The molecular weight excluding hydrogens is 207 g/mol. The molecule has 2 N–H and O–H groups in total. The van der Waals surface area contributed by atoms with Crippen LogP contribution >= 0.6 is 0 Å². The maximum absolute atomic E-state index is 13.0. The summed E-state index contributed by atoms with van der Waals surface area (Å²) >= 11 is 0. The van der Waals surface area contributed by atoms with Crippen LogP contribution in [0.1, 0.15) is 22.3 Å². The van der Waals surface area contributed by atoms with Gasteiger partial charge in [0.05, 0.1) is 0 Å². The number of halogens is 1. The van der Waals surface area contributed by atoms with Gasteiger partial charge in [0.2, 0.25) is 0 Å². The molecule has 3 nitrogen and oxygen atoms in total. The summed E-state index contributed by atoms with van der Waals surface area (Å²) in [6.45, 7) is 3.52. The van der Waals surface area contributed by atoms with Gasteiger partial charge < -0.3 is 10.6 Å². The molecule has 86 valence electrons. The molecule has 0 radical (unpaired) electrons. The van der Waals surface area contributed by atoms with Gasteiger partial charge in [-0.15, -0.1) is 0 Å². The van der Waals surface area contributed by atoms with Gasteiger partial charge in [-0.25, -0.2) is 4.39 Å². The first kappa shape index (κ1) is 11.1. The van der Waals surface area contributed by atoms with E-state index in [0.29, 0.717) is 5.56 Å². The molecule has 2 rings (SSSR count). The molecule has 1 heterocycles. The minimum Gasteiger partial charge on any atom is -0.348 e. The third kappa shape index (κ3) is 2.39. The minimum atomic E-state index is -0.375. The summed E-state index contributed by atoms with van der Waals surface area (Å²) in [6.07, 6.45) is 0.931. The number of carbonyl (C=O) groups excluding carboxylic acids is 1. The zero-order valence-electron chi connectivity index (χ0n) is 9.22. The second kappa shape index (κ2) is 4.61. The van der Waals surface area contributed by atoms with E-state index in [0.717, 1.165) is 25.1 Å². The third-order valence-electron chi connectivity index (χ3n) is 2.84. The quantitative estimate of drug-likeness (QED) is 0.790. The maximum Gasteiger partial charge on any atom is 0.251 e. The van der Waals surface area contributed by atoms with Gasteiger partial charge >= 0.3 is 0 Å². The van der Waals surface area contributed by atoms with E-state index in [9.17, 15) is 9.18 Å². The molecule has 1 aromatic rings. The van der Waals surface area contributed by atoms with Crippen molar-refractivity contribution in [3.05, 3.63) is 35.1 Å². The maximum atomic E-state index is 13.0. The van der Waals surface area contributed by atoms with Gasteiger partial charge in [-0.3, -0.25) is 4.79 Å². The second-order valence-electron chi connectivity index (χ2n) is 4.12. The Kier molecular flexibility index (Phi) is 3.19. The van der Waals surface area contributed by atoms with Crippen LogP contribution in [0.25, 0.3) is 0 Å². The van der Waals surface area contributed by atoms with Crippen LogP contribution in [0.4, 0.5) is 4.39 Å². The molecule has 0 unspecified atom stereocenters. The van der Waals surface area contributed by atoms with Crippen LogP contribution in [0.15, 0.2) is 18.2 Å². The lowest BCUT2D eigenvalue weighted by molar-refractivity contribution is 0.0939. The molecule has 1 saturated heterocycles. The molecule has 0 aromatic heterocycles. The van der Waals surface area contributed by atoms with E-state index >= 15 is 0 Å². The zero-order chi connectivity index (χ0) is 11.5. The zero-order valence-corrected chi connectivity index (χ0v) is 9.22. The van der Waals surface area contributed by atoms with Crippen LogP contribution in [0.5, 0.6) is 0 Å². The number of aryl methyl sites for hydroxylation is 1. The van der Waals surface area contributed by atoms with Crippen molar-refractivity contribution in [3.63, 3.8) is 0 Å². The Morgan fingerprint density at radius 2 is 2.38 bits per heavy atom. The predicted octanol–water partition coefficient (Wildman–Crippen LogP) is 1.23. The van der Waals surface area contributed by atoms with Crippen molar-refractivity contribution in [2.75, 3.05) is 13.1 Å². The van der Waals surface area contributed by atoms with E-state index in [-0.39, 0.29) is 17.8 Å². The molecule has 16 heavy (non-hydrogen) atoms. The summed E-state index contributed by atoms with van der Waals surface area (Å²) < 4.78 is 13.0. The van der Waals surface area contributed by atoms with Crippen LogP contribution in [-0.2, 0) is 0 Å². The highest BCUT2D eigenvalue weighted by Crippen LogP contribution is 2.11. The molecule has 0 bridgehead atoms. The Hall–Kier alpha value is -1.42. The predicted molar refractivity (Wildman–Crippen MR) is 59.9 cm³/mol. The average Bonchev–Trinajstić information content (AvgIpc) is 2.74. The molecule has 0 saturated carbocycles. The second-order valence-corrected chi connectivity index (χ2v) is 4.12. The van der Waals surface area contributed by atoms with Crippen LogP contribution in [0.3, 0.4) is 0 Å². The lowest BCUT2D eigenvalue weighted by atomic mass is 10.1. The van der Waals surface area contributed by atoms with Crippen molar-refractivity contribution in [1.29, 1.82) is 0 Å². The van der Waals surface area contributed by atoms with E-state index in [1.165, 1.54) is 12.1 Å². The number of nitrogens with one attached hydrogen (secondary N) is 2. The standard InChI is InChI=1S/C12H15FN2O/c1-8-2-3-9(13)6-11(8)12(16)15-10-4-5-14-7-10/h2-3,6,10,14H,4-5,7H2,1H3,(H,15,16)/t10-/m1/s1. The van der Waals surface area contributed by atoms with E-state index in [2.05, 4.69) is 10.6 Å². The monoisotopic (exact) mass is 222 g/mol. The molecule has 0 aliphatic carbocycles. The van der Waals surface area contributed by atoms with Crippen LogP contribution < -0.4 is 10.6 Å². The van der Waals surface area contributed by atoms with Crippen molar-refractivity contribution < 1.29 is 9.18 Å². The van der Waals surface area contributed by atoms with Gasteiger partial charge in [-0.05, 0) is 37.6 Å². The first-order chi connectivity index (χ1) is 7.66. The van der Waals surface area contributed by atoms with Crippen molar-refractivity contribution in [2.45, 2.75) is 19.4 Å². The van der Waals surface area contributed by atoms with Crippen LogP contribution in [-0.4, -0.2) is 25.0 Å². The SMILES string of the molecule is Cc1ccc(F)cc1C(=O)N[C@@H]1CCNC1. The Balaban J connectivity index is 2.10. The fourth-order valence-corrected chi connectivity index (χ4v) is 1.88. The molecular formula is C12H15FN2O. The molecule has 0 spiro atoms. The fourth-order valence-electron chi connectivity index (χ4n) is 1.88. The van der Waals surface area contributed by atoms with E-state index in [4.69, 9.17) is 0 Å². The molecule has 4 heteroatoms. The van der Waals surface area contributed by atoms with E-state index in [1.54, 1.807) is 13.0 Å². The summed E-state index contributed by atoms with van der Waals surface area (Å²) in [4.78, 5) is 11.9. The highest BCUT2D eigenvalue weighted by atomic mass is 19.1. The lowest BCUT2D eigenvalue weighted by Crippen LogP contribution is -2.36. The van der Waals surface area contributed by atoms with Crippen LogP contribution in [0, 0.1) is 12.7 Å². The Morgan fingerprint density at radius 1 is 1.56 bits per heavy atom. The molecule has 1 aliphatic heterocycles. The van der Waals surface area contributed by atoms with E-state index in [1.807, 2.05) is 0 Å². The van der Waals surface area contributed by atoms with Gasteiger partial charge in [-0.1, -0.05) is 6.07 Å². The molecule has 1 fully saturated rings. The Bertz CT molecular complexity index is 400. The van der Waals surface area contributed by atoms with Gasteiger partial charge in [0, 0.05) is 18.2 Å². The first-order valence-corrected chi connectivity index (χ1v) is 5.44. The van der Waals surface area contributed by atoms with Crippen LogP contribution in [0.2, 0.25) is 0 Å². The topological polar surface area (TPSA) is 41.1 Å². The highest BCUT2D eigenvalue weighted by molar-refractivity contribution is 5.95. The summed E-state index contributed by atoms with van der Waals surface area (Å²) in [7, 11) is 0. The minimum absolute atomic E-state index is 0.162. The summed E-state index contributed by atoms with van der Waals surface area (Å²) in [6, 6.07) is 4.43. The largest absolute Gasteiger partial charge is 0.348 e. The van der Waals surface area contributed by atoms with Crippen molar-refractivity contribution in [1.82, 2.24) is 10.6 Å². The molecule has 1 aliphatic rings.